The highest BCUT2D eigenvalue weighted by molar-refractivity contribution is 6.02. The number of carbonyl (C=O) groups is 1. The number of nitrogens with one attached hydrogen (secondary N) is 2. The van der Waals surface area contributed by atoms with Crippen LogP contribution in [0, 0.1) is 11.6 Å². The molecule has 0 atom stereocenters. The molecule has 0 aliphatic carbocycles. The molecule has 0 aliphatic rings. The molecule has 0 bridgehead atoms. The minimum absolute atomic E-state index is 0.0145. The van der Waals surface area contributed by atoms with E-state index in [0.29, 0.717) is 23.3 Å². The van der Waals surface area contributed by atoms with Gasteiger partial charge in [-0.1, -0.05) is 12.1 Å². The average molecular weight is 356 g/mol. The standard InChI is InChI=1S/C18H14F2N4O2/c1-26-16-5-3-2-4-14(16)23-17-10-21-15(9-22-17)18(25)24-13-7-6-11(19)8-12(13)20/h2-10H,1H3,(H,22,23)(H,24,25). The van der Waals surface area contributed by atoms with Gasteiger partial charge < -0.3 is 15.4 Å². The number of ether oxygens (including phenoxy) is 1. The van der Waals surface area contributed by atoms with Gasteiger partial charge in [0.15, 0.2) is 0 Å². The molecule has 1 aromatic heterocycles. The molecule has 0 unspecified atom stereocenters. The van der Waals surface area contributed by atoms with Crippen molar-refractivity contribution in [2.24, 2.45) is 0 Å². The summed E-state index contributed by atoms with van der Waals surface area (Å²) in [6.45, 7) is 0. The van der Waals surface area contributed by atoms with Crippen LogP contribution in [0.15, 0.2) is 54.9 Å². The molecule has 1 heterocycles. The van der Waals surface area contributed by atoms with E-state index in [0.717, 1.165) is 12.1 Å². The van der Waals surface area contributed by atoms with Gasteiger partial charge in [0, 0.05) is 6.07 Å². The molecular formula is C18H14F2N4O2. The van der Waals surface area contributed by atoms with Gasteiger partial charge in [-0.2, -0.15) is 0 Å². The zero-order chi connectivity index (χ0) is 18.5. The molecule has 1 amide bonds. The fourth-order valence-corrected chi connectivity index (χ4v) is 2.17. The van der Waals surface area contributed by atoms with Crippen molar-refractivity contribution in [2.75, 3.05) is 17.7 Å². The number of hydrogen-bond acceptors (Lipinski definition) is 5. The van der Waals surface area contributed by atoms with E-state index in [1.807, 2.05) is 12.1 Å². The molecule has 0 radical (unpaired) electrons. The van der Waals surface area contributed by atoms with Crippen molar-refractivity contribution in [3.05, 3.63) is 72.2 Å². The van der Waals surface area contributed by atoms with Gasteiger partial charge in [0.05, 0.1) is 30.9 Å². The van der Waals surface area contributed by atoms with Crippen molar-refractivity contribution in [1.29, 1.82) is 0 Å². The predicted molar refractivity (Wildman–Crippen MR) is 92.6 cm³/mol. The van der Waals surface area contributed by atoms with E-state index in [1.54, 1.807) is 19.2 Å². The summed E-state index contributed by atoms with van der Waals surface area (Å²) in [7, 11) is 1.55. The zero-order valence-corrected chi connectivity index (χ0v) is 13.7. The number of halogens is 2. The molecule has 26 heavy (non-hydrogen) atoms. The van der Waals surface area contributed by atoms with Gasteiger partial charge in [-0.3, -0.25) is 4.79 Å². The third-order valence-corrected chi connectivity index (χ3v) is 3.43. The van der Waals surface area contributed by atoms with Crippen molar-refractivity contribution < 1.29 is 18.3 Å². The first-order valence-electron chi connectivity index (χ1n) is 7.55. The Kier molecular flexibility index (Phi) is 5.02. The van der Waals surface area contributed by atoms with Gasteiger partial charge in [-0.25, -0.2) is 18.7 Å². The van der Waals surface area contributed by atoms with Gasteiger partial charge in [0.25, 0.3) is 5.91 Å². The predicted octanol–water partition coefficient (Wildman–Crippen LogP) is 3.76. The molecule has 0 aliphatic heterocycles. The minimum Gasteiger partial charge on any atom is -0.495 e. The van der Waals surface area contributed by atoms with Crippen LogP contribution < -0.4 is 15.4 Å². The molecule has 0 saturated heterocycles. The molecule has 3 rings (SSSR count). The van der Waals surface area contributed by atoms with Crippen LogP contribution in [0.3, 0.4) is 0 Å². The quantitative estimate of drug-likeness (QED) is 0.728. The second-order valence-corrected chi connectivity index (χ2v) is 5.19. The molecule has 0 spiro atoms. The fourth-order valence-electron chi connectivity index (χ4n) is 2.17. The smallest absolute Gasteiger partial charge is 0.275 e. The van der Waals surface area contributed by atoms with E-state index < -0.39 is 17.5 Å². The number of amides is 1. The Morgan fingerprint density at radius 3 is 2.54 bits per heavy atom. The van der Waals surface area contributed by atoms with Crippen LogP contribution in [0.4, 0.5) is 26.0 Å². The molecule has 0 saturated carbocycles. The van der Waals surface area contributed by atoms with Crippen molar-refractivity contribution in [2.45, 2.75) is 0 Å². The summed E-state index contributed by atoms with van der Waals surface area (Å²) in [5, 5.41) is 5.34. The number of para-hydroxylation sites is 2. The Balaban J connectivity index is 1.71. The molecule has 6 nitrogen and oxygen atoms in total. The number of hydrogen-bond donors (Lipinski definition) is 2. The summed E-state index contributed by atoms with van der Waals surface area (Å²) in [5.41, 5.74) is 0.531. The Morgan fingerprint density at radius 1 is 1.04 bits per heavy atom. The first-order chi connectivity index (χ1) is 12.6. The van der Waals surface area contributed by atoms with E-state index >= 15 is 0 Å². The maximum Gasteiger partial charge on any atom is 0.275 e. The van der Waals surface area contributed by atoms with E-state index in [-0.39, 0.29) is 11.4 Å². The number of aromatic nitrogens is 2. The number of carbonyl (C=O) groups excluding carboxylic acids is 1. The van der Waals surface area contributed by atoms with E-state index in [4.69, 9.17) is 4.74 Å². The van der Waals surface area contributed by atoms with Gasteiger partial charge >= 0.3 is 0 Å². The van der Waals surface area contributed by atoms with Crippen molar-refractivity contribution in [3.63, 3.8) is 0 Å². The second-order valence-electron chi connectivity index (χ2n) is 5.19. The Hall–Kier alpha value is -3.55. The number of nitrogens with zero attached hydrogens (tertiary/aromatic N) is 2. The lowest BCUT2D eigenvalue weighted by Gasteiger charge is -2.10. The van der Waals surface area contributed by atoms with Gasteiger partial charge in [-0.15, -0.1) is 0 Å². The van der Waals surface area contributed by atoms with Crippen molar-refractivity contribution in [1.82, 2.24) is 9.97 Å². The highest BCUT2D eigenvalue weighted by Crippen LogP contribution is 2.25. The highest BCUT2D eigenvalue weighted by Gasteiger charge is 2.12. The first-order valence-corrected chi connectivity index (χ1v) is 7.55. The Labute approximate surface area is 147 Å². The number of benzene rings is 2. The van der Waals surface area contributed by atoms with Crippen LogP contribution in [0.25, 0.3) is 0 Å². The van der Waals surface area contributed by atoms with Crippen molar-refractivity contribution in [3.8, 4) is 5.75 Å². The number of rotatable bonds is 5. The Bertz CT molecular complexity index is 933. The third kappa shape index (κ3) is 3.92. The maximum absolute atomic E-state index is 13.6. The normalized spacial score (nSPS) is 10.3. The lowest BCUT2D eigenvalue weighted by molar-refractivity contribution is 0.102. The monoisotopic (exact) mass is 356 g/mol. The van der Waals surface area contributed by atoms with Crippen LogP contribution >= 0.6 is 0 Å². The van der Waals surface area contributed by atoms with Crippen LogP contribution in [0.2, 0.25) is 0 Å². The van der Waals surface area contributed by atoms with E-state index in [1.165, 1.54) is 12.4 Å². The van der Waals surface area contributed by atoms with Crippen LogP contribution in [0.5, 0.6) is 5.75 Å². The Morgan fingerprint density at radius 2 is 1.85 bits per heavy atom. The largest absolute Gasteiger partial charge is 0.495 e. The summed E-state index contributed by atoms with van der Waals surface area (Å²) in [4.78, 5) is 20.2. The van der Waals surface area contributed by atoms with Crippen LogP contribution in [0.1, 0.15) is 10.5 Å². The fraction of sp³-hybridized carbons (Fsp3) is 0.0556. The minimum atomic E-state index is -0.874. The summed E-state index contributed by atoms with van der Waals surface area (Å²) in [6.07, 6.45) is 2.61. The third-order valence-electron chi connectivity index (χ3n) is 3.43. The van der Waals surface area contributed by atoms with E-state index in [9.17, 15) is 13.6 Å². The van der Waals surface area contributed by atoms with E-state index in [2.05, 4.69) is 20.6 Å². The lowest BCUT2D eigenvalue weighted by Crippen LogP contribution is -2.15. The van der Waals surface area contributed by atoms with Gasteiger partial charge in [-0.05, 0) is 24.3 Å². The van der Waals surface area contributed by atoms with Crippen molar-refractivity contribution >= 4 is 23.1 Å². The summed E-state index contributed by atoms with van der Waals surface area (Å²) in [6, 6.07) is 10.1. The zero-order valence-electron chi connectivity index (χ0n) is 13.7. The van der Waals surface area contributed by atoms with Gasteiger partial charge in [0.2, 0.25) is 0 Å². The molecule has 2 N–H and O–H groups in total. The maximum atomic E-state index is 13.6. The first kappa shape index (κ1) is 17.3. The number of methoxy groups -OCH3 is 1. The summed E-state index contributed by atoms with van der Waals surface area (Å²) < 4.78 is 31.7. The van der Waals surface area contributed by atoms with Gasteiger partial charge in [0.1, 0.15) is 28.9 Å². The molecular weight excluding hydrogens is 342 g/mol. The summed E-state index contributed by atoms with van der Waals surface area (Å²) >= 11 is 0. The molecule has 8 heteroatoms. The highest BCUT2D eigenvalue weighted by atomic mass is 19.1. The molecule has 2 aromatic carbocycles. The molecule has 132 valence electrons. The SMILES string of the molecule is COc1ccccc1Nc1cnc(C(=O)Nc2ccc(F)cc2F)cn1. The molecule has 0 fully saturated rings. The lowest BCUT2D eigenvalue weighted by atomic mass is 10.3. The second kappa shape index (κ2) is 7.56. The summed E-state index contributed by atoms with van der Waals surface area (Å²) in [5.74, 6) is -1.23. The number of anilines is 3. The molecule has 3 aromatic rings. The average Bonchev–Trinajstić information content (AvgIpc) is 2.65. The topological polar surface area (TPSA) is 76.1 Å². The van der Waals surface area contributed by atoms with Crippen LogP contribution in [-0.4, -0.2) is 23.0 Å². The van der Waals surface area contributed by atoms with Crippen LogP contribution in [-0.2, 0) is 0 Å².